The molecule has 2 aromatic carbocycles. The van der Waals surface area contributed by atoms with Gasteiger partial charge in [0, 0.05) is 17.8 Å². The van der Waals surface area contributed by atoms with Crippen molar-refractivity contribution >= 4 is 11.7 Å². The van der Waals surface area contributed by atoms with Crippen molar-refractivity contribution < 1.29 is 13.9 Å². The summed E-state index contributed by atoms with van der Waals surface area (Å²) in [6, 6.07) is 16.8. The van der Waals surface area contributed by atoms with Gasteiger partial charge in [0.15, 0.2) is 11.6 Å². The number of nitrogens with two attached hydrogens (primary N) is 2. The summed E-state index contributed by atoms with van der Waals surface area (Å²) in [5, 5.41) is 4.59. The number of primary amides is 1. The van der Waals surface area contributed by atoms with Gasteiger partial charge in [0.2, 0.25) is 0 Å². The molecule has 0 aliphatic rings. The summed E-state index contributed by atoms with van der Waals surface area (Å²) in [5.74, 6) is -0.608. The van der Waals surface area contributed by atoms with Crippen molar-refractivity contribution in [2.45, 2.75) is 13.3 Å². The van der Waals surface area contributed by atoms with Gasteiger partial charge in [-0.2, -0.15) is 5.10 Å². The molecule has 0 fully saturated rings. The van der Waals surface area contributed by atoms with Crippen LogP contribution < -0.4 is 16.2 Å². The number of ether oxygens (including phenoxy) is 1. The third kappa shape index (κ3) is 3.95. The highest BCUT2D eigenvalue weighted by atomic mass is 19.1. The van der Waals surface area contributed by atoms with Gasteiger partial charge in [0.1, 0.15) is 17.3 Å². The van der Waals surface area contributed by atoms with E-state index in [2.05, 4.69) is 10.1 Å². The molecule has 2 aromatic heterocycles. The molecule has 0 saturated heterocycles. The summed E-state index contributed by atoms with van der Waals surface area (Å²) in [5.41, 5.74) is 13.7. The Balaban J connectivity index is 1.78. The summed E-state index contributed by atoms with van der Waals surface area (Å²) in [6.45, 7) is 1.91. The van der Waals surface area contributed by atoms with Crippen LogP contribution in [0, 0.1) is 5.82 Å². The Morgan fingerprint density at radius 1 is 1.13 bits per heavy atom. The monoisotopic (exact) mass is 417 g/mol. The fraction of sp³-hybridized carbons (Fsp3) is 0.0870. The average molecular weight is 417 g/mol. The number of benzene rings is 2. The maximum Gasteiger partial charge on any atom is 0.252 e. The standard InChI is InChI=1S/C23H20FN5O2/c1-2-18-21(23(26)30)22(28-29(18)15-6-4-3-5-7-15)14-8-9-19(17(24)12-14)31-16-10-11-27-20(25)13-16/h3-13H,2H2,1H3,(H2,25,27)(H2,26,30). The number of amides is 1. The van der Waals surface area contributed by atoms with Gasteiger partial charge in [-0.1, -0.05) is 25.1 Å². The summed E-state index contributed by atoms with van der Waals surface area (Å²) >= 11 is 0. The average Bonchev–Trinajstić information content (AvgIpc) is 3.16. The summed E-state index contributed by atoms with van der Waals surface area (Å²) in [7, 11) is 0. The molecule has 0 atom stereocenters. The summed E-state index contributed by atoms with van der Waals surface area (Å²) in [6.07, 6.45) is 1.99. The highest BCUT2D eigenvalue weighted by molar-refractivity contribution is 6.00. The minimum absolute atomic E-state index is 0.00758. The number of carbonyl (C=O) groups is 1. The molecule has 0 aliphatic heterocycles. The number of hydrogen-bond acceptors (Lipinski definition) is 5. The smallest absolute Gasteiger partial charge is 0.252 e. The molecular weight excluding hydrogens is 397 g/mol. The number of carbonyl (C=O) groups excluding carboxylic acids is 1. The second kappa shape index (κ2) is 8.27. The Morgan fingerprint density at radius 2 is 1.90 bits per heavy atom. The van der Waals surface area contributed by atoms with Crippen molar-refractivity contribution in [3.05, 3.63) is 83.9 Å². The molecule has 2 heterocycles. The highest BCUT2D eigenvalue weighted by Gasteiger charge is 2.23. The fourth-order valence-corrected chi connectivity index (χ4v) is 3.37. The molecule has 0 bridgehead atoms. The van der Waals surface area contributed by atoms with E-state index in [4.69, 9.17) is 16.2 Å². The number of aromatic nitrogens is 3. The Labute approximate surface area is 178 Å². The lowest BCUT2D eigenvalue weighted by molar-refractivity contribution is 0.1000. The third-order valence-corrected chi connectivity index (χ3v) is 4.75. The van der Waals surface area contributed by atoms with E-state index in [1.54, 1.807) is 16.8 Å². The van der Waals surface area contributed by atoms with E-state index >= 15 is 0 Å². The van der Waals surface area contributed by atoms with Crippen LogP contribution in [-0.4, -0.2) is 20.7 Å². The number of hydrogen-bond donors (Lipinski definition) is 2. The number of rotatable bonds is 6. The predicted octanol–water partition coefficient (Wildman–Crippen LogP) is 4.11. The zero-order chi connectivity index (χ0) is 22.0. The van der Waals surface area contributed by atoms with E-state index in [-0.39, 0.29) is 17.1 Å². The molecular formula is C23H20FN5O2. The van der Waals surface area contributed by atoms with Gasteiger partial charge in [0.25, 0.3) is 5.91 Å². The zero-order valence-electron chi connectivity index (χ0n) is 16.7. The molecule has 0 aliphatic carbocycles. The van der Waals surface area contributed by atoms with Crippen LogP contribution in [0.4, 0.5) is 10.2 Å². The quantitative estimate of drug-likeness (QED) is 0.491. The summed E-state index contributed by atoms with van der Waals surface area (Å²) < 4.78 is 22.1. The first-order chi connectivity index (χ1) is 15.0. The van der Waals surface area contributed by atoms with E-state index in [1.807, 2.05) is 37.3 Å². The second-order valence-electron chi connectivity index (χ2n) is 6.80. The van der Waals surface area contributed by atoms with E-state index in [0.29, 0.717) is 29.1 Å². The molecule has 8 heteroatoms. The first-order valence-corrected chi connectivity index (χ1v) is 9.64. The first kappa shape index (κ1) is 20.1. The minimum Gasteiger partial charge on any atom is -0.454 e. The van der Waals surface area contributed by atoms with Crippen LogP contribution in [0.15, 0.2) is 66.9 Å². The molecule has 0 spiro atoms. The molecule has 156 valence electrons. The van der Waals surface area contributed by atoms with Gasteiger partial charge in [-0.25, -0.2) is 14.1 Å². The van der Waals surface area contributed by atoms with Crippen molar-refractivity contribution in [2.24, 2.45) is 5.73 Å². The lowest BCUT2D eigenvalue weighted by Gasteiger charge is -2.08. The van der Waals surface area contributed by atoms with Crippen molar-refractivity contribution in [1.29, 1.82) is 0 Å². The largest absolute Gasteiger partial charge is 0.454 e. The van der Waals surface area contributed by atoms with Crippen LogP contribution >= 0.6 is 0 Å². The van der Waals surface area contributed by atoms with Gasteiger partial charge in [-0.3, -0.25) is 4.79 Å². The van der Waals surface area contributed by atoms with Crippen LogP contribution in [-0.2, 0) is 6.42 Å². The number of anilines is 1. The summed E-state index contributed by atoms with van der Waals surface area (Å²) in [4.78, 5) is 16.2. The van der Waals surface area contributed by atoms with Crippen LogP contribution in [0.3, 0.4) is 0 Å². The van der Waals surface area contributed by atoms with E-state index < -0.39 is 11.7 Å². The Morgan fingerprint density at radius 3 is 2.55 bits per heavy atom. The highest BCUT2D eigenvalue weighted by Crippen LogP contribution is 2.32. The van der Waals surface area contributed by atoms with E-state index in [9.17, 15) is 9.18 Å². The normalized spacial score (nSPS) is 10.8. The molecule has 0 radical (unpaired) electrons. The Bertz CT molecular complexity index is 1250. The van der Waals surface area contributed by atoms with Crippen LogP contribution in [0.1, 0.15) is 23.0 Å². The topological polar surface area (TPSA) is 109 Å². The van der Waals surface area contributed by atoms with Crippen LogP contribution in [0.5, 0.6) is 11.5 Å². The van der Waals surface area contributed by atoms with Gasteiger partial charge in [-0.15, -0.1) is 0 Å². The van der Waals surface area contributed by atoms with Gasteiger partial charge >= 0.3 is 0 Å². The molecule has 0 saturated carbocycles. The van der Waals surface area contributed by atoms with Crippen molar-refractivity contribution in [3.63, 3.8) is 0 Å². The number of halogens is 1. The molecule has 4 aromatic rings. The number of nitrogens with zero attached hydrogens (tertiary/aromatic N) is 3. The van der Waals surface area contributed by atoms with E-state index in [1.165, 1.54) is 24.4 Å². The fourth-order valence-electron chi connectivity index (χ4n) is 3.37. The lowest BCUT2D eigenvalue weighted by Crippen LogP contribution is -2.14. The Hall–Kier alpha value is -4.20. The Kier molecular flexibility index (Phi) is 5.36. The third-order valence-electron chi connectivity index (χ3n) is 4.75. The molecule has 1 amide bonds. The SMILES string of the molecule is CCc1c(C(N)=O)c(-c2ccc(Oc3ccnc(N)c3)c(F)c2)nn1-c1ccccc1. The number of nitrogen functional groups attached to an aromatic ring is 1. The van der Waals surface area contributed by atoms with Crippen molar-refractivity contribution in [3.8, 4) is 28.4 Å². The minimum atomic E-state index is -0.623. The zero-order valence-corrected chi connectivity index (χ0v) is 16.7. The number of pyridine rings is 1. The van der Waals surface area contributed by atoms with Gasteiger partial charge in [0.05, 0.1) is 16.9 Å². The van der Waals surface area contributed by atoms with Crippen LogP contribution in [0.25, 0.3) is 16.9 Å². The van der Waals surface area contributed by atoms with Crippen molar-refractivity contribution in [2.75, 3.05) is 5.73 Å². The number of para-hydroxylation sites is 1. The maximum absolute atomic E-state index is 14.8. The molecule has 7 nitrogen and oxygen atoms in total. The van der Waals surface area contributed by atoms with Crippen LogP contribution in [0.2, 0.25) is 0 Å². The molecule has 4 rings (SSSR count). The second-order valence-corrected chi connectivity index (χ2v) is 6.80. The van der Waals surface area contributed by atoms with Crippen molar-refractivity contribution in [1.82, 2.24) is 14.8 Å². The lowest BCUT2D eigenvalue weighted by atomic mass is 10.0. The molecule has 31 heavy (non-hydrogen) atoms. The predicted molar refractivity (Wildman–Crippen MR) is 116 cm³/mol. The van der Waals surface area contributed by atoms with Gasteiger partial charge < -0.3 is 16.2 Å². The molecule has 4 N–H and O–H groups in total. The van der Waals surface area contributed by atoms with Gasteiger partial charge in [-0.05, 0) is 42.8 Å². The first-order valence-electron chi connectivity index (χ1n) is 9.64. The maximum atomic E-state index is 14.8. The molecule has 0 unspecified atom stereocenters. The van der Waals surface area contributed by atoms with E-state index in [0.717, 1.165) is 5.69 Å².